The Hall–Kier alpha value is -8.36. The van der Waals surface area contributed by atoms with Gasteiger partial charge in [-0.3, -0.25) is 4.79 Å². The van der Waals surface area contributed by atoms with Crippen LogP contribution in [0.5, 0.6) is 17.2 Å². The van der Waals surface area contributed by atoms with Crippen LogP contribution >= 0.6 is 15.9 Å². The van der Waals surface area contributed by atoms with Crippen molar-refractivity contribution < 1.29 is 58.2 Å². The first-order valence-corrected chi connectivity index (χ1v) is 23.0. The van der Waals surface area contributed by atoms with Gasteiger partial charge in [-0.1, -0.05) is 198 Å². The van der Waals surface area contributed by atoms with Crippen molar-refractivity contribution in [3.8, 4) is 17.2 Å². The minimum atomic E-state index is -1.94. The van der Waals surface area contributed by atoms with Crippen molar-refractivity contribution in [1.82, 2.24) is 0 Å². The summed E-state index contributed by atoms with van der Waals surface area (Å²) in [5, 5.41) is 31.5. The van der Waals surface area contributed by atoms with Crippen LogP contribution < -0.4 is 9.47 Å². The van der Waals surface area contributed by atoms with Gasteiger partial charge in [-0.15, -0.1) is 0 Å². The summed E-state index contributed by atoms with van der Waals surface area (Å²) in [5.41, 5.74) is 0.189. The molecule has 8 rings (SSSR count). The van der Waals surface area contributed by atoms with Crippen LogP contribution in [0.15, 0.2) is 229 Å². The van der Waals surface area contributed by atoms with Gasteiger partial charge in [-0.05, 0) is 64.7 Å². The number of hydrogen-bond donors (Lipinski definition) is 3. The van der Waals surface area contributed by atoms with E-state index in [9.17, 15) is 34.5 Å². The zero-order valence-electron chi connectivity index (χ0n) is 39.7. The number of rotatable bonds is 14. The number of phenolic OH excluding ortho intramolecular Hbond substituents is 1. The molecule has 0 radical (unpaired) electrons. The molecular formula is C59H53BrO12. The number of aliphatic hydroxyl groups is 2. The minimum absolute atomic E-state index is 0.0317. The van der Waals surface area contributed by atoms with Gasteiger partial charge in [0.25, 0.3) is 5.78 Å². The van der Waals surface area contributed by atoms with Gasteiger partial charge in [0.1, 0.15) is 30.5 Å². The second-order valence-electron chi connectivity index (χ2n) is 15.4. The summed E-state index contributed by atoms with van der Waals surface area (Å²) in [7, 11) is 3.65. The monoisotopic (exact) mass is 1030 g/mol. The van der Waals surface area contributed by atoms with Gasteiger partial charge in [-0.2, -0.15) is 0 Å². The van der Waals surface area contributed by atoms with E-state index in [1.165, 1.54) is 39.0 Å². The molecule has 0 amide bonds. The molecule has 12 nitrogen and oxygen atoms in total. The first kappa shape index (κ1) is 54.6. The van der Waals surface area contributed by atoms with E-state index in [1.807, 2.05) is 78.9 Å². The fraction of sp³-hybridized carbons (Fsp3) is 0.119. The molecule has 0 bridgehead atoms. The highest BCUT2D eigenvalue weighted by molar-refractivity contribution is 9.10. The van der Waals surface area contributed by atoms with Gasteiger partial charge in [0.05, 0.1) is 21.3 Å². The highest BCUT2D eigenvalue weighted by Gasteiger charge is 2.42. The average molecular weight is 1030 g/mol. The second kappa shape index (κ2) is 27.7. The van der Waals surface area contributed by atoms with Crippen molar-refractivity contribution in [3.05, 3.63) is 268 Å². The second-order valence-corrected chi connectivity index (χ2v) is 16.3. The summed E-state index contributed by atoms with van der Waals surface area (Å²) in [6.07, 6.45) is 0. The molecule has 0 aliphatic carbocycles. The molecule has 0 aliphatic heterocycles. The van der Waals surface area contributed by atoms with Gasteiger partial charge in [-0.25, -0.2) is 14.4 Å². The topological polar surface area (TPSA) is 175 Å². The number of esters is 3. The lowest BCUT2D eigenvalue weighted by atomic mass is 9.86. The molecule has 0 saturated carbocycles. The Balaban J connectivity index is 0.000000186. The summed E-state index contributed by atoms with van der Waals surface area (Å²) >= 11 is 3.41. The maximum Gasteiger partial charge on any atom is 0.379 e. The van der Waals surface area contributed by atoms with E-state index in [1.54, 1.807) is 121 Å². The van der Waals surface area contributed by atoms with Crippen LogP contribution in [0.3, 0.4) is 0 Å². The maximum atomic E-state index is 12.4. The molecule has 0 saturated heterocycles. The van der Waals surface area contributed by atoms with Crippen molar-refractivity contribution in [3.63, 3.8) is 0 Å². The minimum Gasteiger partial charge on any atom is -0.508 e. The number of methoxy groups -OCH3 is 3. The number of Topliss-reactive ketones (excluding diaryl/α,β-unsaturated/α-hetero) is 1. The maximum absolute atomic E-state index is 12.4. The number of phenols is 1. The molecular weight excluding hydrogens is 981 g/mol. The highest BCUT2D eigenvalue weighted by Crippen LogP contribution is 2.34. The number of benzene rings is 8. The van der Waals surface area contributed by atoms with Crippen molar-refractivity contribution in [2.24, 2.45) is 0 Å². The molecule has 0 fully saturated rings. The smallest absolute Gasteiger partial charge is 0.379 e. The molecule has 0 aromatic heterocycles. The van der Waals surface area contributed by atoms with Gasteiger partial charge in [0.2, 0.25) is 11.2 Å². The molecule has 0 spiro atoms. The van der Waals surface area contributed by atoms with Crippen molar-refractivity contribution >= 4 is 39.6 Å². The number of hydrogen-bond acceptors (Lipinski definition) is 12. The van der Waals surface area contributed by atoms with E-state index in [-0.39, 0.29) is 11.3 Å². The summed E-state index contributed by atoms with van der Waals surface area (Å²) in [6.45, 7) is 1.00. The summed E-state index contributed by atoms with van der Waals surface area (Å²) in [6, 6.07) is 66.0. The van der Waals surface area contributed by atoms with E-state index in [2.05, 4.69) is 32.8 Å². The Morgan fingerprint density at radius 2 is 0.806 bits per heavy atom. The molecule has 72 heavy (non-hydrogen) atoms. The summed E-state index contributed by atoms with van der Waals surface area (Å²) in [4.78, 5) is 46.2. The van der Waals surface area contributed by atoms with Crippen LogP contribution in [-0.2, 0) is 53.0 Å². The Labute approximate surface area is 426 Å². The predicted molar refractivity (Wildman–Crippen MR) is 276 cm³/mol. The van der Waals surface area contributed by atoms with Crippen LogP contribution in [0.1, 0.15) is 43.7 Å². The van der Waals surface area contributed by atoms with Crippen LogP contribution in [0, 0.1) is 0 Å². The van der Waals surface area contributed by atoms with E-state index < -0.39 is 34.9 Å². The third-order valence-electron chi connectivity index (χ3n) is 10.6. The lowest BCUT2D eigenvalue weighted by Crippen LogP contribution is -2.38. The van der Waals surface area contributed by atoms with Crippen LogP contribution in [0.25, 0.3) is 0 Å². The molecule has 2 unspecified atom stereocenters. The fourth-order valence-electron chi connectivity index (χ4n) is 6.84. The number of carbonyl (C=O) groups excluding carboxylic acids is 4. The first-order valence-electron chi connectivity index (χ1n) is 22.2. The van der Waals surface area contributed by atoms with Crippen molar-refractivity contribution in [1.29, 1.82) is 0 Å². The van der Waals surface area contributed by atoms with Crippen molar-refractivity contribution in [2.75, 3.05) is 21.3 Å². The van der Waals surface area contributed by atoms with Gasteiger partial charge >= 0.3 is 17.9 Å². The molecule has 2 atom stereocenters. The third-order valence-corrected chi connectivity index (χ3v) is 11.1. The van der Waals surface area contributed by atoms with Crippen LogP contribution in [0.2, 0.25) is 0 Å². The van der Waals surface area contributed by atoms with Crippen LogP contribution in [0.4, 0.5) is 0 Å². The van der Waals surface area contributed by atoms with E-state index >= 15 is 0 Å². The standard InChI is InChI=1S/C22H20O4.C15H14O4.C13H11BrO.C9H8O3/c1-25-21(23)22(24,18-11-6-3-7-12-18)19-13-8-14-20(15-19)26-16-17-9-4-2-5-10-17;1-19-14(17)15(18,11-6-3-2-4-7-11)12-8-5-9-13(16)10-12;14-12-7-4-8-13(9-12)15-10-11-5-2-1-3-6-11;1-12-9(11)8(10)7-5-3-2-4-6-7/h2-15,24H,16H2,1H3;2-10,16,18H,1H3;1-9H,10H2;2-6H,1H3. The van der Waals surface area contributed by atoms with Crippen molar-refractivity contribution in [2.45, 2.75) is 24.4 Å². The normalized spacial score (nSPS) is 11.8. The predicted octanol–water partition coefficient (Wildman–Crippen LogP) is 10.5. The molecule has 3 N–H and O–H groups in total. The fourth-order valence-corrected chi connectivity index (χ4v) is 7.22. The highest BCUT2D eigenvalue weighted by atomic mass is 79.9. The van der Waals surface area contributed by atoms with Gasteiger partial charge in [0, 0.05) is 21.2 Å². The Bertz CT molecular complexity index is 2940. The zero-order valence-corrected chi connectivity index (χ0v) is 41.3. The molecule has 8 aromatic rings. The first-order chi connectivity index (χ1) is 34.8. The quantitative estimate of drug-likeness (QED) is 0.0407. The van der Waals surface area contributed by atoms with E-state index in [0.29, 0.717) is 41.2 Å². The number of ketones is 1. The molecule has 0 heterocycles. The third kappa shape index (κ3) is 15.3. The van der Waals surface area contributed by atoms with E-state index in [4.69, 9.17) is 18.9 Å². The van der Waals surface area contributed by atoms with Crippen LogP contribution in [-0.4, -0.2) is 60.3 Å². The molecule has 8 aromatic carbocycles. The zero-order chi connectivity index (χ0) is 51.8. The molecule has 0 aliphatic rings. The number of halogens is 1. The number of carbonyl (C=O) groups is 4. The largest absolute Gasteiger partial charge is 0.508 e. The SMILES string of the molecule is Brc1cccc(OCc2ccccc2)c1.COC(=O)C(=O)c1ccccc1.COC(=O)C(O)(c1ccccc1)c1cccc(O)c1.COC(=O)C(O)(c1ccccc1)c1cccc(OCc2ccccc2)c1. The molecule has 368 valence electrons. The lowest BCUT2D eigenvalue weighted by Gasteiger charge is -2.26. The van der Waals surface area contributed by atoms with Gasteiger partial charge in [0.15, 0.2) is 0 Å². The summed E-state index contributed by atoms with van der Waals surface area (Å²) in [5.74, 6) is -1.58. The lowest BCUT2D eigenvalue weighted by molar-refractivity contribution is -0.159. The van der Waals surface area contributed by atoms with E-state index in [0.717, 1.165) is 15.8 Å². The number of aromatic hydroxyl groups is 1. The average Bonchev–Trinajstić information content (AvgIpc) is 3.44. The molecule has 13 heteroatoms. The number of ether oxygens (including phenoxy) is 5. The Kier molecular flexibility index (Phi) is 21.0. The summed E-state index contributed by atoms with van der Waals surface area (Å²) < 4.78 is 26.3. The van der Waals surface area contributed by atoms with Gasteiger partial charge < -0.3 is 39.0 Å². The Morgan fingerprint density at radius 1 is 0.431 bits per heavy atom. The Morgan fingerprint density at radius 3 is 1.22 bits per heavy atom.